The average molecular weight is 240 g/mol. The zero-order valence-electron chi connectivity index (χ0n) is 9.97. The van der Waals surface area contributed by atoms with Gasteiger partial charge in [0.15, 0.2) is 0 Å². The first-order valence-corrected chi connectivity index (χ1v) is 6.24. The molecular formula is C12H20N2O3. The zero-order chi connectivity index (χ0) is 11.9. The summed E-state index contributed by atoms with van der Waals surface area (Å²) in [6.45, 7) is 1.53. The fourth-order valence-corrected chi connectivity index (χ4v) is 2.06. The summed E-state index contributed by atoms with van der Waals surface area (Å²) >= 11 is 0. The van der Waals surface area contributed by atoms with Crippen molar-refractivity contribution in [3.8, 4) is 0 Å². The summed E-state index contributed by atoms with van der Waals surface area (Å²) in [4.78, 5) is 0. The quantitative estimate of drug-likeness (QED) is 0.746. The zero-order valence-corrected chi connectivity index (χ0v) is 9.97. The molecule has 17 heavy (non-hydrogen) atoms. The van der Waals surface area contributed by atoms with E-state index in [1.807, 2.05) is 0 Å². The lowest BCUT2D eigenvalue weighted by Gasteiger charge is -2.15. The fraction of sp³-hybridized carbons (Fsp3) is 0.750. The van der Waals surface area contributed by atoms with Crippen molar-refractivity contribution in [2.75, 3.05) is 13.2 Å². The standard InChI is InChI=1S/C12H20N2O3/c15-11(9-16-12-3-1-2-4-12)8-13-7-10-5-6-17-14-10/h5-6,11-13,15H,1-4,7-9H2. The highest BCUT2D eigenvalue weighted by atomic mass is 16.5. The smallest absolute Gasteiger partial charge is 0.124 e. The summed E-state index contributed by atoms with van der Waals surface area (Å²) < 4.78 is 10.3. The molecule has 96 valence electrons. The van der Waals surface area contributed by atoms with Crippen LogP contribution in [0.1, 0.15) is 31.4 Å². The van der Waals surface area contributed by atoms with Crippen molar-refractivity contribution in [3.63, 3.8) is 0 Å². The molecule has 1 aromatic heterocycles. The van der Waals surface area contributed by atoms with Gasteiger partial charge in [-0.1, -0.05) is 18.0 Å². The van der Waals surface area contributed by atoms with Gasteiger partial charge in [-0.15, -0.1) is 0 Å². The molecule has 0 radical (unpaired) electrons. The van der Waals surface area contributed by atoms with Crippen molar-refractivity contribution in [1.29, 1.82) is 0 Å². The summed E-state index contributed by atoms with van der Waals surface area (Å²) in [6.07, 6.45) is 6.23. The number of hydrogen-bond donors (Lipinski definition) is 2. The van der Waals surface area contributed by atoms with Crippen LogP contribution in [0.25, 0.3) is 0 Å². The van der Waals surface area contributed by atoms with E-state index in [0.29, 0.717) is 25.8 Å². The topological polar surface area (TPSA) is 67.5 Å². The van der Waals surface area contributed by atoms with Crippen molar-refractivity contribution in [2.45, 2.75) is 44.4 Å². The van der Waals surface area contributed by atoms with Crippen LogP contribution in [0.5, 0.6) is 0 Å². The van der Waals surface area contributed by atoms with Gasteiger partial charge in [0.1, 0.15) is 6.26 Å². The molecule has 0 spiro atoms. The SMILES string of the molecule is OC(CNCc1ccon1)COC1CCCC1. The van der Waals surface area contributed by atoms with Gasteiger partial charge < -0.3 is 19.7 Å². The summed E-state index contributed by atoms with van der Waals surface area (Å²) in [7, 11) is 0. The molecule has 1 aliphatic rings. The second kappa shape index (κ2) is 6.74. The van der Waals surface area contributed by atoms with Gasteiger partial charge in [0.2, 0.25) is 0 Å². The number of nitrogens with zero attached hydrogens (tertiary/aromatic N) is 1. The molecule has 0 aromatic carbocycles. The first kappa shape index (κ1) is 12.5. The number of hydrogen-bond acceptors (Lipinski definition) is 5. The summed E-state index contributed by atoms with van der Waals surface area (Å²) in [6, 6.07) is 1.80. The van der Waals surface area contributed by atoms with Gasteiger partial charge in [-0.25, -0.2) is 0 Å². The minimum Gasteiger partial charge on any atom is -0.389 e. The maximum absolute atomic E-state index is 9.71. The van der Waals surface area contributed by atoms with Crippen LogP contribution in [-0.4, -0.2) is 35.6 Å². The van der Waals surface area contributed by atoms with Gasteiger partial charge in [0.05, 0.1) is 24.5 Å². The Hall–Kier alpha value is -0.910. The number of rotatable bonds is 7. The largest absolute Gasteiger partial charge is 0.389 e. The van der Waals surface area contributed by atoms with Crippen LogP contribution < -0.4 is 5.32 Å². The molecular weight excluding hydrogens is 220 g/mol. The number of ether oxygens (including phenoxy) is 1. The number of aliphatic hydroxyl groups is 1. The average Bonchev–Trinajstić information content (AvgIpc) is 2.99. The Bertz CT molecular complexity index is 297. The van der Waals surface area contributed by atoms with Crippen molar-refractivity contribution in [2.24, 2.45) is 0 Å². The van der Waals surface area contributed by atoms with Gasteiger partial charge in [-0.05, 0) is 12.8 Å². The summed E-state index contributed by atoms with van der Waals surface area (Å²) in [5.41, 5.74) is 0.842. The Morgan fingerprint density at radius 3 is 3.06 bits per heavy atom. The molecule has 0 amide bonds. The fourth-order valence-electron chi connectivity index (χ4n) is 2.06. The molecule has 1 fully saturated rings. The Kier molecular flexibility index (Phi) is 4.97. The number of aromatic nitrogens is 1. The predicted octanol–water partition coefficient (Wildman–Crippen LogP) is 1.08. The lowest BCUT2D eigenvalue weighted by atomic mass is 10.3. The van der Waals surface area contributed by atoms with Crippen LogP contribution in [0.2, 0.25) is 0 Å². The third-order valence-corrected chi connectivity index (χ3v) is 3.00. The molecule has 1 aromatic rings. The first-order chi connectivity index (χ1) is 8.34. The van der Waals surface area contributed by atoms with E-state index in [1.54, 1.807) is 6.07 Å². The van der Waals surface area contributed by atoms with E-state index in [0.717, 1.165) is 18.5 Å². The Morgan fingerprint density at radius 2 is 2.35 bits per heavy atom. The van der Waals surface area contributed by atoms with Gasteiger partial charge in [0, 0.05) is 19.2 Å². The molecule has 0 aliphatic heterocycles. The Morgan fingerprint density at radius 1 is 1.53 bits per heavy atom. The minimum absolute atomic E-state index is 0.361. The third kappa shape index (κ3) is 4.46. The normalized spacial score (nSPS) is 18.6. The maximum atomic E-state index is 9.71. The van der Waals surface area contributed by atoms with E-state index >= 15 is 0 Å². The monoisotopic (exact) mass is 240 g/mol. The molecule has 1 saturated carbocycles. The van der Waals surface area contributed by atoms with E-state index in [9.17, 15) is 5.11 Å². The predicted molar refractivity (Wildman–Crippen MR) is 62.4 cm³/mol. The van der Waals surface area contributed by atoms with E-state index in [2.05, 4.69) is 10.5 Å². The van der Waals surface area contributed by atoms with E-state index in [-0.39, 0.29) is 0 Å². The van der Waals surface area contributed by atoms with E-state index in [4.69, 9.17) is 9.26 Å². The second-order valence-corrected chi connectivity index (χ2v) is 4.52. The van der Waals surface area contributed by atoms with Crippen LogP contribution in [0.4, 0.5) is 0 Å². The van der Waals surface area contributed by atoms with Crippen LogP contribution in [0.3, 0.4) is 0 Å². The molecule has 0 saturated heterocycles. The van der Waals surface area contributed by atoms with Crippen LogP contribution in [0.15, 0.2) is 16.9 Å². The Labute approximate surface area is 101 Å². The molecule has 0 bridgehead atoms. The molecule has 1 atom stereocenters. The molecule has 1 unspecified atom stereocenters. The molecule has 5 nitrogen and oxygen atoms in total. The van der Waals surface area contributed by atoms with E-state index < -0.39 is 6.10 Å². The number of aliphatic hydroxyl groups excluding tert-OH is 1. The van der Waals surface area contributed by atoms with Gasteiger partial charge >= 0.3 is 0 Å². The van der Waals surface area contributed by atoms with Crippen molar-refractivity contribution in [1.82, 2.24) is 10.5 Å². The second-order valence-electron chi connectivity index (χ2n) is 4.52. The first-order valence-electron chi connectivity index (χ1n) is 6.24. The van der Waals surface area contributed by atoms with Crippen molar-refractivity contribution >= 4 is 0 Å². The highest BCUT2D eigenvalue weighted by Crippen LogP contribution is 2.20. The highest BCUT2D eigenvalue weighted by molar-refractivity contribution is 4.94. The molecule has 1 heterocycles. The van der Waals surface area contributed by atoms with Crippen molar-refractivity contribution < 1.29 is 14.4 Å². The molecule has 5 heteroatoms. The van der Waals surface area contributed by atoms with Gasteiger partial charge in [0.25, 0.3) is 0 Å². The molecule has 2 rings (SSSR count). The summed E-state index contributed by atoms with van der Waals surface area (Å²) in [5, 5.41) is 16.6. The third-order valence-electron chi connectivity index (χ3n) is 3.00. The lowest BCUT2D eigenvalue weighted by Crippen LogP contribution is -2.31. The van der Waals surface area contributed by atoms with Crippen LogP contribution in [-0.2, 0) is 11.3 Å². The number of nitrogens with one attached hydrogen (secondary N) is 1. The van der Waals surface area contributed by atoms with E-state index in [1.165, 1.54) is 19.1 Å². The molecule has 2 N–H and O–H groups in total. The maximum Gasteiger partial charge on any atom is 0.124 e. The highest BCUT2D eigenvalue weighted by Gasteiger charge is 2.16. The van der Waals surface area contributed by atoms with Crippen LogP contribution >= 0.6 is 0 Å². The Balaban J connectivity index is 1.52. The molecule has 1 aliphatic carbocycles. The summed E-state index contributed by atoms with van der Waals surface area (Å²) in [5.74, 6) is 0. The van der Waals surface area contributed by atoms with Gasteiger partial charge in [-0.2, -0.15) is 0 Å². The van der Waals surface area contributed by atoms with Crippen molar-refractivity contribution in [3.05, 3.63) is 18.0 Å². The van der Waals surface area contributed by atoms with Gasteiger partial charge in [-0.3, -0.25) is 0 Å². The lowest BCUT2D eigenvalue weighted by molar-refractivity contribution is -0.00553. The minimum atomic E-state index is -0.456. The van der Waals surface area contributed by atoms with Crippen LogP contribution in [0, 0.1) is 0 Å².